The molecule has 0 rings (SSSR count). The van der Waals surface area contributed by atoms with E-state index in [9.17, 15) is 19.8 Å². The second kappa shape index (κ2) is 60.6. The predicted molar refractivity (Wildman–Crippen MR) is 310 cm³/mol. The minimum atomic E-state index is -0.852. The lowest BCUT2D eigenvalue weighted by Crippen LogP contribution is -2.45. The number of rotatable bonds is 59. The van der Waals surface area contributed by atoms with Gasteiger partial charge in [-0.05, 0) is 64.2 Å². The number of hydrogen-bond acceptors (Lipinski definition) is 5. The molecule has 0 saturated heterocycles. The first kappa shape index (κ1) is 69.1. The van der Waals surface area contributed by atoms with Gasteiger partial charge in [-0.25, -0.2) is 0 Å². The van der Waals surface area contributed by atoms with E-state index < -0.39 is 12.1 Å². The summed E-state index contributed by atoms with van der Waals surface area (Å²) in [6.07, 6.45) is 76.1. The zero-order valence-electron chi connectivity index (χ0n) is 47.7. The summed E-state index contributed by atoms with van der Waals surface area (Å²) in [7, 11) is 0. The molecule has 0 spiro atoms. The van der Waals surface area contributed by atoms with E-state index >= 15 is 0 Å². The lowest BCUT2D eigenvalue weighted by atomic mass is 10.0. The molecule has 0 aromatic carbocycles. The number of carbonyl (C=O) groups excluding carboxylic acids is 2. The summed E-state index contributed by atoms with van der Waals surface area (Å²) < 4.78 is 5.47. The van der Waals surface area contributed by atoms with Crippen LogP contribution in [-0.2, 0) is 14.3 Å². The van der Waals surface area contributed by atoms with Crippen molar-refractivity contribution in [2.75, 3.05) is 13.2 Å². The molecule has 71 heavy (non-hydrogen) atoms. The minimum Gasteiger partial charge on any atom is -0.466 e. The molecule has 0 heterocycles. The smallest absolute Gasteiger partial charge is 0.305 e. The highest BCUT2D eigenvalue weighted by molar-refractivity contribution is 5.76. The molecule has 2 unspecified atom stereocenters. The number of aliphatic hydroxyl groups is 2. The van der Waals surface area contributed by atoms with Gasteiger partial charge in [-0.2, -0.15) is 0 Å². The molecule has 0 fully saturated rings. The average Bonchev–Trinajstić information content (AvgIpc) is 3.37. The molecule has 0 aliphatic carbocycles. The van der Waals surface area contributed by atoms with Crippen LogP contribution in [0.5, 0.6) is 0 Å². The number of hydrogen-bond donors (Lipinski definition) is 3. The first-order valence-electron chi connectivity index (χ1n) is 31.8. The number of ether oxygens (including phenoxy) is 1. The number of esters is 1. The molecular weight excluding hydrogens is 875 g/mol. The Labute approximate surface area is 443 Å². The van der Waals surface area contributed by atoms with Gasteiger partial charge in [0.05, 0.1) is 25.4 Å². The number of allylic oxidation sites excluding steroid dienone is 5. The fourth-order valence-corrected chi connectivity index (χ4v) is 9.78. The molecule has 0 bridgehead atoms. The van der Waals surface area contributed by atoms with E-state index in [0.29, 0.717) is 19.4 Å². The van der Waals surface area contributed by atoms with Crippen LogP contribution in [0.25, 0.3) is 0 Å². The summed E-state index contributed by atoms with van der Waals surface area (Å²) in [5, 5.41) is 23.2. The highest BCUT2D eigenvalue weighted by Crippen LogP contribution is 2.17. The van der Waals surface area contributed by atoms with Crippen molar-refractivity contribution in [1.29, 1.82) is 0 Å². The lowest BCUT2D eigenvalue weighted by Gasteiger charge is -2.20. The molecule has 1 amide bonds. The third-order valence-corrected chi connectivity index (χ3v) is 14.7. The van der Waals surface area contributed by atoms with Crippen LogP contribution in [0.3, 0.4) is 0 Å². The topological polar surface area (TPSA) is 95.9 Å². The van der Waals surface area contributed by atoms with Crippen molar-refractivity contribution >= 4 is 11.9 Å². The van der Waals surface area contributed by atoms with Gasteiger partial charge in [0.25, 0.3) is 0 Å². The van der Waals surface area contributed by atoms with Crippen LogP contribution >= 0.6 is 0 Å². The summed E-state index contributed by atoms with van der Waals surface area (Å²) in [6.45, 7) is 4.91. The van der Waals surface area contributed by atoms with Crippen LogP contribution in [0.4, 0.5) is 0 Å². The Kier molecular flexibility index (Phi) is 59.0. The normalized spacial score (nSPS) is 12.8. The molecule has 0 aliphatic rings. The van der Waals surface area contributed by atoms with Crippen molar-refractivity contribution in [3.63, 3.8) is 0 Å². The van der Waals surface area contributed by atoms with Gasteiger partial charge in [0, 0.05) is 12.8 Å². The van der Waals surface area contributed by atoms with E-state index in [2.05, 4.69) is 43.5 Å². The van der Waals surface area contributed by atoms with Gasteiger partial charge in [-0.3, -0.25) is 9.59 Å². The van der Waals surface area contributed by atoms with Crippen LogP contribution in [0.15, 0.2) is 36.5 Å². The molecule has 0 saturated carbocycles. The fraction of sp³-hybridized carbons (Fsp3) is 0.877. The highest BCUT2D eigenvalue weighted by Gasteiger charge is 2.18. The maximum absolute atomic E-state index is 12.5. The van der Waals surface area contributed by atoms with Crippen LogP contribution in [0.2, 0.25) is 0 Å². The molecule has 6 nitrogen and oxygen atoms in total. The number of unbranched alkanes of at least 4 members (excludes halogenated alkanes) is 44. The van der Waals surface area contributed by atoms with Gasteiger partial charge in [0.1, 0.15) is 0 Å². The summed E-state index contributed by atoms with van der Waals surface area (Å²) >= 11 is 0. The molecule has 2 atom stereocenters. The van der Waals surface area contributed by atoms with Gasteiger partial charge in [-0.15, -0.1) is 0 Å². The summed E-state index contributed by atoms with van der Waals surface area (Å²) in [4.78, 5) is 24.5. The Morgan fingerprint density at radius 1 is 0.394 bits per heavy atom. The van der Waals surface area contributed by atoms with Crippen LogP contribution in [-0.4, -0.2) is 47.4 Å². The van der Waals surface area contributed by atoms with E-state index in [0.717, 1.165) is 57.8 Å². The van der Waals surface area contributed by atoms with E-state index in [1.165, 1.54) is 257 Å². The highest BCUT2D eigenvalue weighted by atomic mass is 16.5. The number of carbonyl (C=O) groups is 2. The van der Waals surface area contributed by atoms with Crippen molar-refractivity contribution in [2.45, 2.75) is 353 Å². The Balaban J connectivity index is 3.48. The van der Waals surface area contributed by atoms with E-state index in [4.69, 9.17) is 4.74 Å². The standard InChI is InChI=1S/C65H123NO5/c1-3-5-7-9-11-13-15-17-18-19-27-30-34-37-41-45-49-53-57-63(68)62(61-67)66-64(69)58-54-50-46-42-38-35-31-28-25-23-21-20-22-24-26-29-32-36-40-44-48-52-56-60-71-65(70)59-55-51-47-43-39-33-16-14-12-10-8-6-4-2/h20,22-23,25,53,57,62-63,67-68H,3-19,21,24,26-52,54-56,58-61H2,1-2H3,(H,66,69)/b22-20-,25-23-,57-53+. The molecular formula is C65H123NO5. The first-order valence-corrected chi connectivity index (χ1v) is 31.8. The van der Waals surface area contributed by atoms with Gasteiger partial charge in [0.15, 0.2) is 0 Å². The van der Waals surface area contributed by atoms with Crippen LogP contribution in [0.1, 0.15) is 341 Å². The summed E-state index contributed by atoms with van der Waals surface area (Å²) in [5.41, 5.74) is 0. The zero-order valence-corrected chi connectivity index (χ0v) is 47.7. The molecule has 0 aliphatic heterocycles. The van der Waals surface area contributed by atoms with Gasteiger partial charge < -0.3 is 20.3 Å². The first-order chi connectivity index (χ1) is 35.0. The Morgan fingerprint density at radius 3 is 1.07 bits per heavy atom. The molecule has 0 aromatic heterocycles. The Bertz CT molecular complexity index is 1150. The van der Waals surface area contributed by atoms with E-state index in [-0.39, 0.29) is 18.5 Å². The third-order valence-electron chi connectivity index (χ3n) is 14.7. The monoisotopic (exact) mass is 998 g/mol. The van der Waals surface area contributed by atoms with E-state index in [1.54, 1.807) is 6.08 Å². The molecule has 0 radical (unpaired) electrons. The maximum atomic E-state index is 12.5. The second-order valence-corrected chi connectivity index (χ2v) is 21.7. The molecule has 3 N–H and O–H groups in total. The second-order valence-electron chi connectivity index (χ2n) is 21.7. The number of amides is 1. The molecule has 418 valence electrons. The minimum absolute atomic E-state index is 0.00816. The van der Waals surface area contributed by atoms with Crippen molar-refractivity contribution in [3.05, 3.63) is 36.5 Å². The van der Waals surface area contributed by atoms with E-state index in [1.807, 2.05) is 6.08 Å². The quantitative estimate of drug-likeness (QED) is 0.0321. The molecule has 6 heteroatoms. The number of aliphatic hydroxyl groups excluding tert-OH is 2. The SMILES string of the molecule is CCCCCCCCCCCCCCCCCC/C=C/C(O)C(CO)NC(=O)CCCCCCCCC/C=C\C/C=C\CCCCCCCCCCCOC(=O)CCCCCCCCCCCCCCC. The molecule has 0 aromatic rings. The van der Waals surface area contributed by atoms with Gasteiger partial charge >= 0.3 is 5.97 Å². The largest absolute Gasteiger partial charge is 0.466 e. The van der Waals surface area contributed by atoms with Crippen molar-refractivity contribution in [2.24, 2.45) is 0 Å². The van der Waals surface area contributed by atoms with Crippen molar-refractivity contribution < 1.29 is 24.5 Å². The average molecular weight is 999 g/mol. The maximum Gasteiger partial charge on any atom is 0.305 e. The van der Waals surface area contributed by atoms with Gasteiger partial charge in [-0.1, -0.05) is 301 Å². The zero-order chi connectivity index (χ0) is 51.4. The van der Waals surface area contributed by atoms with Crippen molar-refractivity contribution in [3.8, 4) is 0 Å². The van der Waals surface area contributed by atoms with Gasteiger partial charge in [0.2, 0.25) is 5.91 Å². The predicted octanol–water partition coefficient (Wildman–Crippen LogP) is 20.0. The van der Waals surface area contributed by atoms with Crippen LogP contribution < -0.4 is 5.32 Å². The summed E-state index contributed by atoms with van der Waals surface area (Å²) in [6, 6.07) is -0.636. The lowest BCUT2D eigenvalue weighted by molar-refractivity contribution is -0.143. The van der Waals surface area contributed by atoms with Crippen molar-refractivity contribution in [1.82, 2.24) is 5.32 Å². The number of nitrogens with one attached hydrogen (secondary N) is 1. The Hall–Kier alpha value is -1.92. The third kappa shape index (κ3) is 57.2. The van der Waals surface area contributed by atoms with Crippen LogP contribution in [0, 0.1) is 0 Å². The summed E-state index contributed by atoms with van der Waals surface area (Å²) in [5.74, 6) is -0.0682. The fourth-order valence-electron chi connectivity index (χ4n) is 9.78. The Morgan fingerprint density at radius 2 is 0.704 bits per heavy atom.